The number of hydrogen-bond acceptors (Lipinski definition) is 5. The summed E-state index contributed by atoms with van der Waals surface area (Å²) in [5, 5.41) is 4.31. The lowest BCUT2D eigenvalue weighted by molar-refractivity contribution is 0.1000. The van der Waals surface area contributed by atoms with Gasteiger partial charge in [0, 0.05) is 15.8 Å². The number of nitrogens with one attached hydrogen (secondary N) is 1. The van der Waals surface area contributed by atoms with Crippen LogP contribution in [0.3, 0.4) is 0 Å². The van der Waals surface area contributed by atoms with Gasteiger partial charge in [-0.05, 0) is 55.0 Å². The van der Waals surface area contributed by atoms with Crippen LogP contribution in [0.5, 0.6) is 5.75 Å². The Bertz CT molecular complexity index is 1460. The van der Waals surface area contributed by atoms with Crippen LogP contribution in [-0.4, -0.2) is 23.9 Å². The average Bonchev–Trinajstić information content (AvgIpc) is 3.25. The minimum atomic E-state index is -0.492. The molecular weight excluding hydrogens is 470 g/mol. The third kappa shape index (κ3) is 4.58. The molecule has 1 atom stereocenters. The fraction of sp³-hybridized carbons (Fsp3) is 0.276. The zero-order valence-electron chi connectivity index (χ0n) is 20.5. The van der Waals surface area contributed by atoms with Gasteiger partial charge in [-0.1, -0.05) is 50.1 Å². The molecule has 1 aliphatic carbocycles. The summed E-state index contributed by atoms with van der Waals surface area (Å²) in [6.07, 6.45) is 5.11. The van der Waals surface area contributed by atoms with E-state index in [4.69, 9.17) is 15.5 Å². The molecule has 0 spiro atoms. The SMILES string of the molecule is CCCC1CCc2c(sc(NC(=O)c3cc(-c4cccc(OC)c4)nc4ccccc34)c2C(N)=O)C1. The number of carbonyl (C=O) groups is 2. The monoisotopic (exact) mass is 499 g/mol. The fourth-order valence-corrected chi connectivity index (χ4v) is 6.48. The van der Waals surface area contributed by atoms with Gasteiger partial charge in [-0.2, -0.15) is 0 Å². The minimum absolute atomic E-state index is 0.288. The number of carbonyl (C=O) groups excluding carboxylic acids is 2. The third-order valence-electron chi connectivity index (χ3n) is 6.86. The summed E-state index contributed by atoms with van der Waals surface area (Å²) in [4.78, 5) is 32.1. The molecule has 1 unspecified atom stereocenters. The number of anilines is 1. The number of pyridine rings is 1. The Hall–Kier alpha value is -3.71. The molecule has 0 aliphatic heterocycles. The second kappa shape index (κ2) is 10.1. The summed E-state index contributed by atoms with van der Waals surface area (Å²) in [7, 11) is 1.62. The second-order valence-corrected chi connectivity index (χ2v) is 10.3. The number of benzene rings is 2. The van der Waals surface area contributed by atoms with E-state index < -0.39 is 5.91 Å². The zero-order valence-corrected chi connectivity index (χ0v) is 21.3. The topological polar surface area (TPSA) is 94.3 Å². The number of ether oxygens (including phenoxy) is 1. The minimum Gasteiger partial charge on any atom is -0.497 e. The van der Waals surface area contributed by atoms with E-state index >= 15 is 0 Å². The highest BCUT2D eigenvalue weighted by Gasteiger charge is 2.29. The molecule has 2 aromatic carbocycles. The van der Waals surface area contributed by atoms with Crippen LogP contribution < -0.4 is 15.8 Å². The van der Waals surface area contributed by atoms with Gasteiger partial charge < -0.3 is 15.8 Å². The van der Waals surface area contributed by atoms with E-state index in [0.29, 0.717) is 39.0 Å². The van der Waals surface area contributed by atoms with Crippen LogP contribution in [0.15, 0.2) is 54.6 Å². The molecule has 0 bridgehead atoms. The molecule has 3 N–H and O–H groups in total. The van der Waals surface area contributed by atoms with Crippen LogP contribution >= 0.6 is 11.3 Å². The van der Waals surface area contributed by atoms with Gasteiger partial charge in [0.2, 0.25) is 0 Å². The highest BCUT2D eigenvalue weighted by molar-refractivity contribution is 7.17. The van der Waals surface area contributed by atoms with Gasteiger partial charge in [-0.3, -0.25) is 9.59 Å². The summed E-state index contributed by atoms with van der Waals surface area (Å²) >= 11 is 1.49. The molecular formula is C29H29N3O3S. The number of thiophene rings is 1. The Morgan fingerprint density at radius 2 is 2.00 bits per heavy atom. The smallest absolute Gasteiger partial charge is 0.257 e. The summed E-state index contributed by atoms with van der Waals surface area (Å²) in [6, 6.07) is 17.0. The van der Waals surface area contributed by atoms with Crippen molar-refractivity contribution in [2.45, 2.75) is 39.0 Å². The molecule has 5 rings (SSSR count). The number of amides is 2. The van der Waals surface area contributed by atoms with Crippen molar-refractivity contribution in [3.8, 4) is 17.0 Å². The van der Waals surface area contributed by atoms with Crippen molar-refractivity contribution in [2.24, 2.45) is 11.7 Å². The van der Waals surface area contributed by atoms with Crippen LogP contribution in [0.2, 0.25) is 0 Å². The van der Waals surface area contributed by atoms with E-state index in [2.05, 4.69) is 12.2 Å². The molecule has 2 amide bonds. The quantitative estimate of drug-likeness (QED) is 0.315. The number of primary amides is 1. The van der Waals surface area contributed by atoms with Gasteiger partial charge in [-0.25, -0.2) is 4.98 Å². The van der Waals surface area contributed by atoms with Crippen molar-refractivity contribution in [3.05, 3.63) is 76.2 Å². The summed E-state index contributed by atoms with van der Waals surface area (Å²) in [5.74, 6) is 0.544. The molecule has 6 nitrogen and oxygen atoms in total. The molecule has 184 valence electrons. The molecule has 2 heterocycles. The maximum Gasteiger partial charge on any atom is 0.257 e. The molecule has 7 heteroatoms. The Labute approximate surface area is 214 Å². The molecule has 2 aromatic heterocycles. The van der Waals surface area contributed by atoms with Gasteiger partial charge in [0.25, 0.3) is 11.8 Å². The van der Waals surface area contributed by atoms with Gasteiger partial charge in [0.1, 0.15) is 10.8 Å². The van der Waals surface area contributed by atoms with Crippen molar-refractivity contribution in [3.63, 3.8) is 0 Å². The standard InChI is InChI=1S/C29H29N3O3S/c1-3-7-17-12-13-21-25(14-17)36-29(26(21)27(30)33)32-28(34)22-16-24(18-8-6-9-19(15-18)35-2)31-23-11-5-4-10-20(22)23/h4-6,8-11,15-17H,3,7,12-14H2,1-2H3,(H2,30,33)(H,32,34). The average molecular weight is 500 g/mol. The van der Waals surface area contributed by atoms with Crippen molar-refractivity contribution in [1.82, 2.24) is 4.98 Å². The first-order valence-electron chi connectivity index (χ1n) is 12.3. The van der Waals surface area contributed by atoms with E-state index in [1.165, 1.54) is 22.6 Å². The first-order chi connectivity index (χ1) is 17.5. The Morgan fingerprint density at radius 1 is 1.17 bits per heavy atom. The second-order valence-electron chi connectivity index (χ2n) is 9.23. The largest absolute Gasteiger partial charge is 0.497 e. The molecule has 4 aromatic rings. The summed E-state index contributed by atoms with van der Waals surface area (Å²) < 4.78 is 5.37. The molecule has 1 aliphatic rings. The van der Waals surface area contributed by atoms with Gasteiger partial charge in [0.05, 0.1) is 29.4 Å². The van der Waals surface area contributed by atoms with E-state index in [-0.39, 0.29) is 5.91 Å². The number of methoxy groups -OCH3 is 1. The van der Waals surface area contributed by atoms with Gasteiger partial charge in [-0.15, -0.1) is 11.3 Å². The highest BCUT2D eigenvalue weighted by Crippen LogP contribution is 2.41. The number of fused-ring (bicyclic) bond motifs is 2. The number of nitrogens with zero attached hydrogens (tertiary/aromatic N) is 1. The van der Waals surface area contributed by atoms with Crippen molar-refractivity contribution in [2.75, 3.05) is 12.4 Å². The number of nitrogens with two attached hydrogens (primary N) is 1. The lowest BCUT2D eigenvalue weighted by Crippen LogP contribution is -2.20. The third-order valence-corrected chi connectivity index (χ3v) is 8.03. The first-order valence-corrected chi connectivity index (χ1v) is 13.1. The zero-order chi connectivity index (χ0) is 25.2. The lowest BCUT2D eigenvalue weighted by atomic mass is 9.84. The predicted molar refractivity (Wildman–Crippen MR) is 145 cm³/mol. The Balaban J connectivity index is 1.54. The highest BCUT2D eigenvalue weighted by atomic mass is 32.1. The predicted octanol–water partition coefficient (Wildman–Crippen LogP) is 6.23. The normalized spacial score (nSPS) is 14.9. The van der Waals surface area contributed by atoms with Crippen LogP contribution in [-0.2, 0) is 12.8 Å². The van der Waals surface area contributed by atoms with Crippen molar-refractivity contribution < 1.29 is 14.3 Å². The Morgan fingerprint density at radius 3 is 2.78 bits per heavy atom. The summed E-state index contributed by atoms with van der Waals surface area (Å²) in [6.45, 7) is 2.20. The Kier molecular flexibility index (Phi) is 6.74. The van der Waals surface area contributed by atoms with E-state index in [9.17, 15) is 9.59 Å². The van der Waals surface area contributed by atoms with Crippen LogP contribution in [0, 0.1) is 5.92 Å². The molecule has 0 fully saturated rings. The number of hydrogen-bond donors (Lipinski definition) is 2. The number of aromatic nitrogens is 1. The molecule has 0 saturated heterocycles. The molecule has 36 heavy (non-hydrogen) atoms. The lowest BCUT2D eigenvalue weighted by Gasteiger charge is -2.21. The summed E-state index contributed by atoms with van der Waals surface area (Å²) in [5.41, 5.74) is 9.99. The fourth-order valence-electron chi connectivity index (χ4n) is 5.12. The molecule has 0 saturated carbocycles. The van der Waals surface area contributed by atoms with E-state index in [1.54, 1.807) is 13.2 Å². The van der Waals surface area contributed by atoms with E-state index in [0.717, 1.165) is 42.2 Å². The number of para-hydroxylation sites is 1. The van der Waals surface area contributed by atoms with Gasteiger partial charge >= 0.3 is 0 Å². The number of rotatable bonds is 7. The van der Waals surface area contributed by atoms with Crippen molar-refractivity contribution in [1.29, 1.82) is 0 Å². The maximum atomic E-state index is 13.7. The first kappa shape index (κ1) is 24.0. The van der Waals surface area contributed by atoms with Crippen molar-refractivity contribution >= 4 is 39.1 Å². The molecule has 0 radical (unpaired) electrons. The van der Waals surface area contributed by atoms with Crippen LogP contribution in [0.4, 0.5) is 5.00 Å². The van der Waals surface area contributed by atoms with Gasteiger partial charge in [0.15, 0.2) is 0 Å². The maximum absolute atomic E-state index is 13.7. The van der Waals surface area contributed by atoms with Crippen LogP contribution in [0.25, 0.3) is 22.2 Å². The van der Waals surface area contributed by atoms with Crippen LogP contribution in [0.1, 0.15) is 57.3 Å². The van der Waals surface area contributed by atoms with E-state index in [1.807, 2.05) is 48.5 Å².